The van der Waals surface area contributed by atoms with Crippen molar-refractivity contribution in [2.75, 3.05) is 7.11 Å². The monoisotopic (exact) mass is 366 g/mol. The Labute approximate surface area is 158 Å². The van der Waals surface area contributed by atoms with E-state index >= 15 is 0 Å². The van der Waals surface area contributed by atoms with Crippen LogP contribution in [0.5, 0.6) is 11.6 Å². The first kappa shape index (κ1) is 18.6. The number of hydrogen-bond donors (Lipinski definition) is 1. The third-order valence-corrected chi connectivity index (χ3v) is 4.61. The second-order valence-electron chi connectivity index (χ2n) is 6.51. The third-order valence-electron chi connectivity index (χ3n) is 4.61. The number of nitriles is 1. The van der Waals surface area contributed by atoms with Crippen molar-refractivity contribution in [1.82, 2.24) is 15.3 Å². The van der Waals surface area contributed by atoms with Crippen molar-refractivity contribution in [2.24, 2.45) is 0 Å². The topological polar surface area (TPSA) is 97.1 Å². The van der Waals surface area contributed by atoms with Crippen molar-refractivity contribution in [1.29, 1.82) is 5.26 Å². The van der Waals surface area contributed by atoms with Crippen LogP contribution < -0.4 is 14.8 Å². The first-order chi connectivity index (χ1) is 13.2. The number of aromatic nitrogens is 2. The minimum Gasteiger partial charge on any atom is -0.497 e. The summed E-state index contributed by atoms with van der Waals surface area (Å²) in [4.78, 5) is 20.3. The fraction of sp³-hybridized carbons (Fsp3) is 0.400. The maximum Gasteiger partial charge on any atom is 0.251 e. The highest BCUT2D eigenvalue weighted by molar-refractivity contribution is 5.78. The van der Waals surface area contributed by atoms with Gasteiger partial charge in [-0.3, -0.25) is 4.79 Å². The van der Waals surface area contributed by atoms with Gasteiger partial charge in [-0.1, -0.05) is 12.1 Å². The fourth-order valence-electron chi connectivity index (χ4n) is 3.18. The van der Waals surface area contributed by atoms with Crippen LogP contribution in [-0.4, -0.2) is 35.1 Å². The quantitative estimate of drug-likeness (QED) is 0.843. The summed E-state index contributed by atoms with van der Waals surface area (Å²) in [6, 6.07) is 9.64. The van der Waals surface area contributed by atoms with Gasteiger partial charge in [-0.2, -0.15) is 5.26 Å². The molecule has 140 valence electrons. The number of hydrogen-bond acceptors (Lipinski definition) is 6. The lowest BCUT2D eigenvalue weighted by Crippen LogP contribution is -2.40. The number of nitrogens with zero attached hydrogens (tertiary/aromatic N) is 3. The van der Waals surface area contributed by atoms with Gasteiger partial charge in [0.2, 0.25) is 11.6 Å². The molecule has 1 aromatic carbocycles. The summed E-state index contributed by atoms with van der Waals surface area (Å²) < 4.78 is 11.0. The second-order valence-corrected chi connectivity index (χ2v) is 6.51. The van der Waals surface area contributed by atoms with E-state index in [-0.39, 0.29) is 29.6 Å². The zero-order valence-electron chi connectivity index (χ0n) is 15.2. The Morgan fingerprint density at radius 1 is 1.19 bits per heavy atom. The van der Waals surface area contributed by atoms with Crippen LogP contribution in [0.15, 0.2) is 36.7 Å². The fourth-order valence-corrected chi connectivity index (χ4v) is 3.18. The summed E-state index contributed by atoms with van der Waals surface area (Å²) in [5, 5.41) is 12.1. The number of amides is 1. The molecule has 7 heteroatoms. The molecule has 1 saturated carbocycles. The van der Waals surface area contributed by atoms with E-state index in [4.69, 9.17) is 14.7 Å². The zero-order chi connectivity index (χ0) is 19.1. The van der Waals surface area contributed by atoms with E-state index in [9.17, 15) is 4.79 Å². The normalized spacial score (nSPS) is 19.0. The van der Waals surface area contributed by atoms with Gasteiger partial charge in [-0.25, -0.2) is 9.97 Å². The van der Waals surface area contributed by atoms with Crippen molar-refractivity contribution in [3.8, 4) is 17.7 Å². The molecule has 0 atom stereocenters. The zero-order valence-corrected chi connectivity index (χ0v) is 15.2. The number of nitrogens with one attached hydrogen (secondary N) is 1. The average Bonchev–Trinajstić information content (AvgIpc) is 2.70. The summed E-state index contributed by atoms with van der Waals surface area (Å²) in [6.45, 7) is 0. The maximum absolute atomic E-state index is 12.3. The second kappa shape index (κ2) is 8.99. The van der Waals surface area contributed by atoms with Crippen molar-refractivity contribution >= 4 is 5.91 Å². The van der Waals surface area contributed by atoms with E-state index in [1.54, 1.807) is 7.11 Å². The van der Waals surface area contributed by atoms with E-state index in [0.29, 0.717) is 6.42 Å². The summed E-state index contributed by atoms with van der Waals surface area (Å²) >= 11 is 0. The minimum atomic E-state index is -0.0106. The molecule has 7 nitrogen and oxygen atoms in total. The van der Waals surface area contributed by atoms with E-state index in [1.807, 2.05) is 30.3 Å². The molecule has 1 aliphatic carbocycles. The molecule has 0 saturated heterocycles. The van der Waals surface area contributed by atoms with Gasteiger partial charge in [-0.15, -0.1) is 0 Å². The lowest BCUT2D eigenvalue weighted by Gasteiger charge is -2.29. The number of methoxy groups -OCH3 is 1. The number of carbonyl (C=O) groups excluding carboxylic acids is 1. The van der Waals surface area contributed by atoms with Gasteiger partial charge < -0.3 is 14.8 Å². The third kappa shape index (κ3) is 5.17. The van der Waals surface area contributed by atoms with Gasteiger partial charge in [-0.05, 0) is 43.4 Å². The van der Waals surface area contributed by atoms with E-state index in [0.717, 1.165) is 37.0 Å². The van der Waals surface area contributed by atoms with E-state index < -0.39 is 0 Å². The minimum absolute atomic E-state index is 0.0106. The summed E-state index contributed by atoms with van der Waals surface area (Å²) in [5.74, 6) is 1.08. The largest absolute Gasteiger partial charge is 0.497 e. The Bertz CT molecular complexity index is 809. The lowest BCUT2D eigenvalue weighted by molar-refractivity contribution is -0.121. The molecule has 1 amide bonds. The standard InChI is InChI=1S/C20H22N4O3/c1-26-16-6-2-14(3-7-16)12-19(25)24-15-4-8-17(9-5-15)27-20-18(13-21)22-10-11-23-20/h2-3,6-7,10-11,15,17H,4-5,8-9,12H2,1H3,(H,24,25). The van der Waals surface area contributed by atoms with Gasteiger partial charge in [0.1, 0.15) is 17.9 Å². The average molecular weight is 366 g/mol. The van der Waals surface area contributed by atoms with E-state index in [1.165, 1.54) is 12.4 Å². The Morgan fingerprint density at radius 2 is 1.89 bits per heavy atom. The van der Waals surface area contributed by atoms with Gasteiger partial charge in [0.25, 0.3) is 5.88 Å². The number of carbonyl (C=O) groups is 1. The first-order valence-corrected chi connectivity index (χ1v) is 8.98. The number of rotatable bonds is 6. The predicted octanol–water partition coefficient (Wildman–Crippen LogP) is 2.41. The van der Waals surface area contributed by atoms with Crippen molar-refractivity contribution in [3.63, 3.8) is 0 Å². The highest BCUT2D eigenvalue weighted by Gasteiger charge is 2.24. The highest BCUT2D eigenvalue weighted by atomic mass is 16.5. The Kier molecular flexibility index (Phi) is 6.21. The molecule has 0 aliphatic heterocycles. The molecule has 1 aliphatic rings. The highest BCUT2D eigenvalue weighted by Crippen LogP contribution is 2.24. The Morgan fingerprint density at radius 3 is 2.56 bits per heavy atom. The lowest BCUT2D eigenvalue weighted by atomic mass is 9.92. The molecule has 1 fully saturated rings. The van der Waals surface area contributed by atoms with Crippen LogP contribution >= 0.6 is 0 Å². The molecule has 0 unspecified atom stereocenters. The van der Waals surface area contributed by atoms with Crippen LogP contribution in [0.25, 0.3) is 0 Å². The molecular weight excluding hydrogens is 344 g/mol. The number of ether oxygens (including phenoxy) is 2. The molecule has 0 radical (unpaired) electrons. The molecule has 1 aromatic heterocycles. The first-order valence-electron chi connectivity index (χ1n) is 8.98. The molecule has 2 aromatic rings. The summed E-state index contributed by atoms with van der Waals surface area (Å²) in [6.07, 6.45) is 6.60. The van der Waals surface area contributed by atoms with E-state index in [2.05, 4.69) is 15.3 Å². The summed E-state index contributed by atoms with van der Waals surface area (Å²) in [5.41, 5.74) is 1.16. The number of benzene rings is 1. The molecular formula is C20H22N4O3. The van der Waals surface area contributed by atoms with Crippen LogP contribution in [-0.2, 0) is 11.2 Å². The van der Waals surface area contributed by atoms with Crippen molar-refractivity contribution < 1.29 is 14.3 Å². The van der Waals surface area contributed by atoms with Gasteiger partial charge in [0.05, 0.1) is 13.5 Å². The molecule has 0 spiro atoms. The molecule has 1 heterocycles. The van der Waals surface area contributed by atoms with Crippen LogP contribution in [0.3, 0.4) is 0 Å². The van der Waals surface area contributed by atoms with Crippen LogP contribution in [0.2, 0.25) is 0 Å². The molecule has 27 heavy (non-hydrogen) atoms. The van der Waals surface area contributed by atoms with Crippen LogP contribution in [0.1, 0.15) is 36.9 Å². The van der Waals surface area contributed by atoms with Crippen molar-refractivity contribution in [2.45, 2.75) is 44.2 Å². The molecule has 0 bridgehead atoms. The smallest absolute Gasteiger partial charge is 0.251 e. The maximum atomic E-state index is 12.3. The molecule has 1 N–H and O–H groups in total. The summed E-state index contributed by atoms with van der Waals surface area (Å²) in [7, 11) is 1.62. The molecule has 3 rings (SSSR count). The predicted molar refractivity (Wildman–Crippen MR) is 98.3 cm³/mol. The van der Waals surface area contributed by atoms with Gasteiger partial charge in [0.15, 0.2) is 0 Å². The van der Waals surface area contributed by atoms with Gasteiger partial charge in [0, 0.05) is 18.4 Å². The van der Waals surface area contributed by atoms with Crippen molar-refractivity contribution in [3.05, 3.63) is 47.9 Å². The Hall–Kier alpha value is -3.14. The SMILES string of the molecule is COc1ccc(CC(=O)NC2CCC(Oc3nccnc3C#N)CC2)cc1. The van der Waals surface area contributed by atoms with Crippen LogP contribution in [0, 0.1) is 11.3 Å². The van der Waals surface area contributed by atoms with Gasteiger partial charge >= 0.3 is 0 Å². The Balaban J connectivity index is 1.45. The van der Waals surface area contributed by atoms with Crippen LogP contribution in [0.4, 0.5) is 0 Å².